The van der Waals surface area contributed by atoms with Crippen LogP contribution in [0.25, 0.3) is 0 Å². The van der Waals surface area contributed by atoms with Crippen LogP contribution >= 0.6 is 24.0 Å². The Balaban J connectivity index is 0.00000243. The number of hydrogen-bond acceptors (Lipinski definition) is 3. The fraction of sp³-hybridized carbons (Fsp3) is 0.450. The second-order valence-electron chi connectivity index (χ2n) is 6.78. The molecule has 0 amide bonds. The average molecular weight is 468 g/mol. The number of hydrogen-bond donors (Lipinski definition) is 2. The smallest absolute Gasteiger partial charge is 0.193 e. The first-order chi connectivity index (χ1) is 12.1. The Morgan fingerprint density at radius 2 is 1.96 bits per heavy atom. The average Bonchev–Trinajstić information content (AvgIpc) is 3.14. The molecule has 5 nitrogen and oxygen atoms in total. The van der Waals surface area contributed by atoms with Crippen molar-refractivity contribution in [3.63, 3.8) is 0 Å². The largest absolute Gasteiger partial charge is 0.468 e. The number of likely N-dealkylation sites (tertiary alicyclic amines) is 1. The van der Waals surface area contributed by atoms with Gasteiger partial charge < -0.3 is 15.5 Å². The molecule has 1 unspecified atom stereocenters. The summed E-state index contributed by atoms with van der Waals surface area (Å²) < 4.78 is 5.66. The zero-order chi connectivity index (χ0) is 17.6. The lowest BCUT2D eigenvalue weighted by atomic mass is 10.1. The highest BCUT2D eigenvalue weighted by Gasteiger charge is 2.24. The van der Waals surface area contributed by atoms with Gasteiger partial charge in [0, 0.05) is 5.69 Å². The number of halogens is 1. The van der Waals surface area contributed by atoms with Crippen molar-refractivity contribution in [3.8, 4) is 0 Å². The van der Waals surface area contributed by atoms with Crippen molar-refractivity contribution in [2.45, 2.75) is 39.2 Å². The number of furan rings is 1. The highest BCUT2D eigenvalue weighted by molar-refractivity contribution is 14.0. The number of benzene rings is 1. The van der Waals surface area contributed by atoms with Gasteiger partial charge in [-0.2, -0.15) is 0 Å². The third-order valence-corrected chi connectivity index (χ3v) is 4.92. The van der Waals surface area contributed by atoms with Crippen molar-refractivity contribution in [3.05, 3.63) is 53.5 Å². The molecule has 0 saturated carbocycles. The summed E-state index contributed by atoms with van der Waals surface area (Å²) >= 11 is 0. The molecular weight excluding hydrogens is 439 g/mol. The molecular formula is C20H29IN4O. The summed E-state index contributed by atoms with van der Waals surface area (Å²) in [5, 5.41) is 3.19. The van der Waals surface area contributed by atoms with Crippen molar-refractivity contribution in [2.75, 3.05) is 25.0 Å². The number of guanidine groups is 1. The van der Waals surface area contributed by atoms with E-state index in [4.69, 9.17) is 10.2 Å². The van der Waals surface area contributed by atoms with Crippen molar-refractivity contribution in [1.82, 2.24) is 4.90 Å². The van der Waals surface area contributed by atoms with E-state index in [1.807, 2.05) is 18.2 Å². The molecule has 0 bridgehead atoms. The summed E-state index contributed by atoms with van der Waals surface area (Å²) in [6.07, 6.45) is 5.50. The highest BCUT2D eigenvalue weighted by Crippen LogP contribution is 2.25. The minimum Gasteiger partial charge on any atom is -0.468 e. The first-order valence-electron chi connectivity index (χ1n) is 9.05. The lowest BCUT2D eigenvalue weighted by Gasteiger charge is -2.32. The van der Waals surface area contributed by atoms with Crippen LogP contribution in [0.5, 0.6) is 0 Å². The number of aliphatic imine (C=N–C) groups is 1. The van der Waals surface area contributed by atoms with E-state index in [0.29, 0.717) is 12.5 Å². The van der Waals surface area contributed by atoms with E-state index in [0.717, 1.165) is 24.5 Å². The molecule has 3 N–H and O–H groups in total. The molecule has 6 heteroatoms. The van der Waals surface area contributed by atoms with Crippen molar-refractivity contribution >= 4 is 35.6 Å². The molecule has 26 heavy (non-hydrogen) atoms. The van der Waals surface area contributed by atoms with Crippen LogP contribution in [-0.4, -0.2) is 30.5 Å². The van der Waals surface area contributed by atoms with Gasteiger partial charge in [-0.05, 0) is 75.2 Å². The van der Waals surface area contributed by atoms with Crippen LogP contribution in [0.4, 0.5) is 5.69 Å². The number of rotatable bonds is 5. The third kappa shape index (κ3) is 5.48. The van der Waals surface area contributed by atoms with E-state index in [1.165, 1.54) is 30.4 Å². The summed E-state index contributed by atoms with van der Waals surface area (Å²) in [6.45, 7) is 6.97. The molecule has 3 rings (SSSR count). The molecule has 2 heterocycles. The molecule has 2 aromatic rings. The van der Waals surface area contributed by atoms with Gasteiger partial charge in [0.15, 0.2) is 5.96 Å². The number of anilines is 1. The van der Waals surface area contributed by atoms with Gasteiger partial charge in [-0.1, -0.05) is 12.5 Å². The zero-order valence-electron chi connectivity index (χ0n) is 15.6. The summed E-state index contributed by atoms with van der Waals surface area (Å²) in [6, 6.07) is 10.3. The van der Waals surface area contributed by atoms with E-state index in [9.17, 15) is 0 Å². The molecule has 1 atom stereocenters. The summed E-state index contributed by atoms with van der Waals surface area (Å²) in [7, 11) is 0. The van der Waals surface area contributed by atoms with Crippen LogP contribution in [0, 0.1) is 13.8 Å². The molecule has 0 spiro atoms. The van der Waals surface area contributed by atoms with Gasteiger partial charge in [0.2, 0.25) is 0 Å². The molecule has 1 aromatic carbocycles. The fourth-order valence-electron chi connectivity index (χ4n) is 3.29. The van der Waals surface area contributed by atoms with Crippen molar-refractivity contribution < 1.29 is 4.42 Å². The Bertz CT molecular complexity index is 709. The molecule has 1 aliphatic heterocycles. The van der Waals surface area contributed by atoms with Gasteiger partial charge in [0.05, 0.1) is 18.8 Å². The van der Waals surface area contributed by atoms with E-state index in [-0.39, 0.29) is 30.0 Å². The number of nitrogens with one attached hydrogen (secondary N) is 1. The van der Waals surface area contributed by atoms with Gasteiger partial charge >= 0.3 is 0 Å². The quantitative estimate of drug-likeness (QED) is 0.386. The van der Waals surface area contributed by atoms with E-state index in [2.05, 4.69) is 41.2 Å². The first-order valence-corrected chi connectivity index (χ1v) is 9.05. The minimum atomic E-state index is 0. The zero-order valence-corrected chi connectivity index (χ0v) is 17.9. The summed E-state index contributed by atoms with van der Waals surface area (Å²) in [5.41, 5.74) is 9.59. The number of nitrogens with zero attached hydrogens (tertiary/aromatic N) is 2. The van der Waals surface area contributed by atoms with Crippen LogP contribution in [0.2, 0.25) is 0 Å². The Morgan fingerprint density at radius 3 is 2.62 bits per heavy atom. The van der Waals surface area contributed by atoms with E-state index >= 15 is 0 Å². The summed E-state index contributed by atoms with van der Waals surface area (Å²) in [5.74, 6) is 1.40. The number of aryl methyl sites for hydroxylation is 2. The predicted octanol–water partition coefficient (Wildman–Crippen LogP) is 4.47. The number of nitrogens with two attached hydrogens (primary N) is 1. The lowest BCUT2D eigenvalue weighted by molar-refractivity contribution is 0.150. The molecule has 1 aromatic heterocycles. The van der Waals surface area contributed by atoms with Gasteiger partial charge in [-0.3, -0.25) is 9.89 Å². The Hall–Kier alpha value is -1.54. The predicted molar refractivity (Wildman–Crippen MR) is 118 cm³/mol. The van der Waals surface area contributed by atoms with E-state index < -0.39 is 0 Å². The molecule has 1 fully saturated rings. The maximum atomic E-state index is 6.11. The summed E-state index contributed by atoms with van der Waals surface area (Å²) in [4.78, 5) is 7.04. The monoisotopic (exact) mass is 468 g/mol. The maximum absolute atomic E-state index is 6.11. The number of piperidine rings is 1. The van der Waals surface area contributed by atoms with Crippen LogP contribution in [0.15, 0.2) is 46.0 Å². The molecule has 0 aliphatic carbocycles. The van der Waals surface area contributed by atoms with Crippen LogP contribution < -0.4 is 11.1 Å². The van der Waals surface area contributed by atoms with Gasteiger partial charge in [0.1, 0.15) is 5.76 Å². The highest BCUT2D eigenvalue weighted by atomic mass is 127. The third-order valence-electron chi connectivity index (χ3n) is 4.92. The SMILES string of the molecule is Cc1ccc(NC(N)=NCC(c2ccco2)N2CCCCC2)cc1C.I. The van der Waals surface area contributed by atoms with Crippen molar-refractivity contribution in [1.29, 1.82) is 0 Å². The molecule has 1 aliphatic rings. The Labute approximate surface area is 173 Å². The lowest BCUT2D eigenvalue weighted by Crippen LogP contribution is -2.36. The van der Waals surface area contributed by atoms with Gasteiger partial charge in [-0.25, -0.2) is 0 Å². The minimum absolute atomic E-state index is 0. The Kier molecular flexibility index (Phi) is 7.96. The molecule has 1 saturated heterocycles. The second-order valence-corrected chi connectivity index (χ2v) is 6.78. The topological polar surface area (TPSA) is 66.8 Å². The first kappa shape index (κ1) is 20.8. The van der Waals surface area contributed by atoms with Gasteiger partial charge in [0.25, 0.3) is 0 Å². The normalized spacial score (nSPS) is 16.8. The van der Waals surface area contributed by atoms with Crippen molar-refractivity contribution in [2.24, 2.45) is 10.7 Å². The van der Waals surface area contributed by atoms with Gasteiger partial charge in [-0.15, -0.1) is 24.0 Å². The Morgan fingerprint density at radius 1 is 1.19 bits per heavy atom. The fourth-order valence-corrected chi connectivity index (χ4v) is 3.29. The van der Waals surface area contributed by atoms with Crippen LogP contribution in [-0.2, 0) is 0 Å². The van der Waals surface area contributed by atoms with Crippen LogP contribution in [0.3, 0.4) is 0 Å². The molecule has 0 radical (unpaired) electrons. The second kappa shape index (κ2) is 9.97. The molecule has 142 valence electrons. The standard InChI is InChI=1S/C20H28N4O.HI/c1-15-8-9-17(13-16(15)2)23-20(21)22-14-18(19-7-6-12-25-19)24-10-4-3-5-11-24;/h6-9,12-13,18H,3-5,10-11,14H2,1-2H3,(H3,21,22,23);1H. The van der Waals surface area contributed by atoms with Crippen LogP contribution in [0.1, 0.15) is 42.2 Å². The van der Waals surface area contributed by atoms with E-state index in [1.54, 1.807) is 6.26 Å². The maximum Gasteiger partial charge on any atom is 0.193 e.